The van der Waals surface area contributed by atoms with E-state index in [-0.39, 0.29) is 6.54 Å². The molecule has 0 saturated carbocycles. The first-order valence-electron chi connectivity index (χ1n) is 7.14. The maximum atomic E-state index is 12.6. The Hall–Kier alpha value is -1.65. The highest BCUT2D eigenvalue weighted by atomic mass is 32.2. The minimum atomic E-state index is -3.39. The van der Waals surface area contributed by atoms with Gasteiger partial charge in [0.1, 0.15) is 0 Å². The molecular weight excluding hydrogens is 282 g/mol. The maximum absolute atomic E-state index is 12.6. The fourth-order valence-corrected chi connectivity index (χ4v) is 3.88. The molecule has 2 aromatic carbocycles. The van der Waals surface area contributed by atoms with Gasteiger partial charge < -0.3 is 5.73 Å². The Kier molecular flexibility index (Phi) is 5.15. The van der Waals surface area contributed by atoms with Gasteiger partial charge in [0.25, 0.3) is 0 Å². The molecular formula is C17H21NO2S. The second-order valence-electron chi connectivity index (χ2n) is 5.09. The number of hydrogen-bond acceptors (Lipinski definition) is 3. The quantitative estimate of drug-likeness (QED) is 0.892. The average Bonchev–Trinajstić information content (AvgIpc) is 2.53. The number of nitrogens with two attached hydrogens (primary N) is 1. The van der Waals surface area contributed by atoms with Crippen molar-refractivity contribution < 1.29 is 8.42 Å². The molecule has 0 amide bonds. The summed E-state index contributed by atoms with van der Waals surface area (Å²) in [5.41, 5.74) is 7.97. The average molecular weight is 303 g/mol. The van der Waals surface area contributed by atoms with Crippen molar-refractivity contribution in [3.05, 3.63) is 65.7 Å². The van der Waals surface area contributed by atoms with Crippen molar-refractivity contribution in [1.29, 1.82) is 0 Å². The zero-order chi connectivity index (χ0) is 15.3. The second-order valence-corrected chi connectivity index (χ2v) is 7.32. The Bertz CT molecular complexity index is 664. The van der Waals surface area contributed by atoms with Gasteiger partial charge in [0.15, 0.2) is 9.84 Å². The van der Waals surface area contributed by atoms with Crippen LogP contribution in [0.5, 0.6) is 0 Å². The zero-order valence-corrected chi connectivity index (χ0v) is 13.0. The van der Waals surface area contributed by atoms with E-state index in [0.717, 1.165) is 12.0 Å². The van der Waals surface area contributed by atoms with Crippen molar-refractivity contribution in [3.63, 3.8) is 0 Å². The molecule has 112 valence electrons. The molecule has 1 unspecified atom stereocenters. The van der Waals surface area contributed by atoms with Crippen molar-refractivity contribution in [3.8, 4) is 0 Å². The van der Waals surface area contributed by atoms with Crippen LogP contribution in [0.1, 0.15) is 18.1 Å². The van der Waals surface area contributed by atoms with Gasteiger partial charge in [0.05, 0.1) is 10.1 Å². The molecule has 0 spiro atoms. The molecule has 0 aliphatic rings. The normalized spacial score (nSPS) is 13.0. The van der Waals surface area contributed by atoms with Crippen LogP contribution in [0.4, 0.5) is 0 Å². The van der Waals surface area contributed by atoms with Crippen LogP contribution in [0, 0.1) is 0 Å². The summed E-state index contributed by atoms with van der Waals surface area (Å²) in [4.78, 5) is 0.339. The van der Waals surface area contributed by atoms with E-state index < -0.39 is 15.1 Å². The highest BCUT2D eigenvalue weighted by Gasteiger charge is 2.26. The first-order chi connectivity index (χ1) is 10.1. The van der Waals surface area contributed by atoms with E-state index in [1.165, 1.54) is 5.56 Å². The third-order valence-corrected chi connectivity index (χ3v) is 5.83. The first kappa shape index (κ1) is 15.7. The topological polar surface area (TPSA) is 60.2 Å². The monoisotopic (exact) mass is 303 g/mol. The van der Waals surface area contributed by atoms with Crippen LogP contribution in [-0.4, -0.2) is 20.2 Å². The number of hydrogen-bond donors (Lipinski definition) is 1. The fraction of sp³-hybridized carbons (Fsp3) is 0.294. The minimum Gasteiger partial charge on any atom is -0.329 e. The molecule has 2 N–H and O–H groups in total. The van der Waals surface area contributed by atoms with Crippen LogP contribution in [0.3, 0.4) is 0 Å². The molecule has 2 aromatic rings. The van der Waals surface area contributed by atoms with E-state index in [1.807, 2.05) is 24.3 Å². The number of sulfone groups is 1. The lowest BCUT2D eigenvalue weighted by atomic mass is 10.1. The van der Waals surface area contributed by atoms with Crippen molar-refractivity contribution in [2.45, 2.75) is 29.9 Å². The van der Waals surface area contributed by atoms with Gasteiger partial charge in [0.2, 0.25) is 0 Å². The minimum absolute atomic E-state index is 0.118. The summed E-state index contributed by atoms with van der Waals surface area (Å²) in [6.07, 6.45) is 1.42. The molecule has 4 heteroatoms. The molecule has 3 nitrogen and oxygen atoms in total. The van der Waals surface area contributed by atoms with Gasteiger partial charge in [-0.05, 0) is 36.1 Å². The maximum Gasteiger partial charge on any atom is 0.182 e. The molecule has 0 aliphatic heterocycles. The largest absolute Gasteiger partial charge is 0.329 e. The van der Waals surface area contributed by atoms with E-state index in [1.54, 1.807) is 30.3 Å². The molecule has 0 aromatic heterocycles. The van der Waals surface area contributed by atoms with E-state index >= 15 is 0 Å². The number of rotatable bonds is 6. The SMILES string of the molecule is CCc1ccc(CC(CN)S(=O)(=O)c2ccccc2)cc1. The molecule has 2 rings (SSSR count). The van der Waals surface area contributed by atoms with Crippen LogP contribution >= 0.6 is 0 Å². The van der Waals surface area contributed by atoms with Crippen LogP contribution in [0.15, 0.2) is 59.5 Å². The Labute approximate surface area is 126 Å². The lowest BCUT2D eigenvalue weighted by Gasteiger charge is -2.16. The molecule has 0 radical (unpaired) electrons. The Balaban J connectivity index is 2.23. The Morgan fingerprint density at radius 2 is 1.52 bits per heavy atom. The van der Waals surface area contributed by atoms with Crippen LogP contribution in [0.2, 0.25) is 0 Å². The Morgan fingerprint density at radius 3 is 2.05 bits per heavy atom. The van der Waals surface area contributed by atoms with Gasteiger partial charge >= 0.3 is 0 Å². The summed E-state index contributed by atoms with van der Waals surface area (Å²) in [6, 6.07) is 16.6. The van der Waals surface area contributed by atoms with Gasteiger partial charge in [-0.2, -0.15) is 0 Å². The predicted molar refractivity (Wildman–Crippen MR) is 86.0 cm³/mol. The molecule has 0 bridgehead atoms. The van der Waals surface area contributed by atoms with Crippen molar-refractivity contribution >= 4 is 9.84 Å². The molecule has 1 atom stereocenters. The lowest BCUT2D eigenvalue weighted by molar-refractivity contribution is 0.578. The molecule has 0 fully saturated rings. The van der Waals surface area contributed by atoms with Gasteiger partial charge in [0, 0.05) is 6.54 Å². The predicted octanol–water partition coefficient (Wildman–Crippen LogP) is 2.59. The third-order valence-electron chi connectivity index (χ3n) is 3.67. The molecule has 0 saturated heterocycles. The number of aryl methyl sites for hydroxylation is 1. The fourth-order valence-electron chi connectivity index (χ4n) is 2.30. The second kappa shape index (κ2) is 6.87. The first-order valence-corrected chi connectivity index (χ1v) is 8.69. The standard InChI is InChI=1S/C17H21NO2S/c1-2-14-8-10-15(11-9-14)12-17(13-18)21(19,20)16-6-4-3-5-7-16/h3-11,17H,2,12-13,18H2,1H3. The highest BCUT2D eigenvalue weighted by molar-refractivity contribution is 7.92. The van der Waals surface area contributed by atoms with Gasteiger partial charge in [-0.25, -0.2) is 8.42 Å². The summed E-state index contributed by atoms with van der Waals surface area (Å²) in [5, 5.41) is -0.590. The van der Waals surface area contributed by atoms with E-state index in [2.05, 4.69) is 6.92 Å². The summed E-state index contributed by atoms with van der Waals surface area (Å²) < 4.78 is 25.2. The van der Waals surface area contributed by atoms with Crippen molar-refractivity contribution in [2.75, 3.05) is 6.54 Å². The van der Waals surface area contributed by atoms with Gasteiger partial charge in [-0.15, -0.1) is 0 Å². The zero-order valence-electron chi connectivity index (χ0n) is 12.2. The van der Waals surface area contributed by atoms with Crippen molar-refractivity contribution in [2.24, 2.45) is 5.73 Å². The molecule has 0 heterocycles. The molecule has 0 aliphatic carbocycles. The molecule has 21 heavy (non-hydrogen) atoms. The highest BCUT2D eigenvalue weighted by Crippen LogP contribution is 2.19. The summed E-state index contributed by atoms with van der Waals surface area (Å²) in [6.45, 7) is 2.21. The van der Waals surface area contributed by atoms with E-state index in [4.69, 9.17) is 5.73 Å². The van der Waals surface area contributed by atoms with Crippen LogP contribution in [-0.2, 0) is 22.7 Å². The van der Waals surface area contributed by atoms with Crippen LogP contribution < -0.4 is 5.73 Å². The summed E-state index contributed by atoms with van der Waals surface area (Å²) in [7, 11) is -3.39. The smallest absolute Gasteiger partial charge is 0.182 e. The van der Waals surface area contributed by atoms with Gasteiger partial charge in [-0.1, -0.05) is 49.4 Å². The van der Waals surface area contributed by atoms with E-state index in [9.17, 15) is 8.42 Å². The van der Waals surface area contributed by atoms with Crippen LogP contribution in [0.25, 0.3) is 0 Å². The number of benzene rings is 2. The van der Waals surface area contributed by atoms with Crippen molar-refractivity contribution in [1.82, 2.24) is 0 Å². The van der Waals surface area contributed by atoms with E-state index in [0.29, 0.717) is 11.3 Å². The Morgan fingerprint density at radius 1 is 0.952 bits per heavy atom. The van der Waals surface area contributed by atoms with Gasteiger partial charge in [-0.3, -0.25) is 0 Å². The lowest BCUT2D eigenvalue weighted by Crippen LogP contribution is -2.32. The third kappa shape index (κ3) is 3.71. The summed E-state index contributed by atoms with van der Waals surface area (Å²) >= 11 is 0. The summed E-state index contributed by atoms with van der Waals surface area (Å²) in [5.74, 6) is 0.